The number of nitrogens with zero attached hydrogens (tertiary/aromatic N) is 1. The molecule has 0 aliphatic heterocycles. The summed E-state index contributed by atoms with van der Waals surface area (Å²) in [5, 5.41) is 90.0. The van der Waals surface area contributed by atoms with E-state index in [1.165, 1.54) is 0 Å². The molecule has 0 aromatic rings. The number of carboxylic acid groups (broad SMARTS) is 1. The Balaban J connectivity index is 5.83. The number of aliphatic hydroxyl groups excluding tert-OH is 1. The van der Waals surface area contributed by atoms with Gasteiger partial charge in [0.2, 0.25) is 0 Å². The van der Waals surface area contributed by atoms with E-state index in [1.54, 1.807) is 0 Å². The Bertz CT molecular complexity index is 326. The van der Waals surface area contributed by atoms with E-state index in [-0.39, 0.29) is 7.05 Å². The average molecular weight is 290 g/mol. The minimum absolute atomic E-state index is 0.102. The molecule has 0 spiro atoms. The summed E-state index contributed by atoms with van der Waals surface area (Å²) < 4.78 is -2.98. The van der Waals surface area contributed by atoms with Gasteiger partial charge in [0, 0.05) is 0 Å². The van der Waals surface area contributed by atoms with Crippen molar-refractivity contribution in [2.24, 2.45) is 0 Å². The predicted molar refractivity (Wildman–Crippen MR) is 50.4 cm³/mol. The number of aliphatic hydroxyl groups is 9. The van der Waals surface area contributed by atoms with Crippen molar-refractivity contribution < 1.29 is 60.3 Å². The highest BCUT2D eigenvalue weighted by Gasteiger charge is 2.73. The van der Waals surface area contributed by atoms with Gasteiger partial charge in [-0.05, 0) is 0 Å². The molecule has 0 rings (SSSR count). The molecule has 12 heteroatoms. The van der Waals surface area contributed by atoms with Crippen LogP contribution in [-0.2, 0) is 4.79 Å². The minimum Gasteiger partial charge on any atom is -0.481 e. The molecule has 0 amide bonds. The van der Waals surface area contributed by atoms with Crippen LogP contribution < -0.4 is 0 Å². The van der Waals surface area contributed by atoms with Crippen molar-refractivity contribution in [3.63, 3.8) is 0 Å². The van der Waals surface area contributed by atoms with Crippen LogP contribution in [0.25, 0.3) is 0 Å². The zero-order valence-corrected chi connectivity index (χ0v) is 9.61. The van der Waals surface area contributed by atoms with Crippen molar-refractivity contribution in [1.82, 2.24) is 0 Å². The smallest absolute Gasteiger partial charge is 0.452 e. The van der Waals surface area contributed by atoms with Crippen LogP contribution in [0.5, 0.6) is 0 Å². The molecule has 0 bridgehead atoms. The standard InChI is InChI=1S/C7H15NO11/c1-8(6(14,15)16,7(17,18)19)5(12,13)3(9)2-4(10)11/h3,9,12-19H,2H2,1H3/p+1. The molecule has 0 aromatic heterocycles. The molecule has 12 nitrogen and oxygen atoms in total. The lowest BCUT2D eigenvalue weighted by Gasteiger charge is -2.50. The summed E-state index contributed by atoms with van der Waals surface area (Å²) in [5.74, 6) is -5.85. The van der Waals surface area contributed by atoms with E-state index in [1.807, 2.05) is 0 Å². The number of carbonyl (C=O) groups is 1. The molecule has 19 heavy (non-hydrogen) atoms. The van der Waals surface area contributed by atoms with Crippen LogP contribution >= 0.6 is 0 Å². The summed E-state index contributed by atoms with van der Waals surface area (Å²) in [7, 11) is 0.102. The first-order valence-electron chi connectivity index (χ1n) is 4.64. The van der Waals surface area contributed by atoms with E-state index in [0.717, 1.165) is 0 Å². The summed E-state index contributed by atoms with van der Waals surface area (Å²) in [5.41, 5.74) is 0. The van der Waals surface area contributed by atoms with Gasteiger partial charge >= 0.3 is 24.1 Å². The maximum absolute atomic E-state index is 10.3. The Kier molecular flexibility index (Phi) is 4.64. The summed E-state index contributed by atoms with van der Waals surface area (Å²) in [6.45, 7) is 0. The normalized spacial score (nSPS) is 16.3. The molecule has 114 valence electrons. The van der Waals surface area contributed by atoms with Crippen molar-refractivity contribution in [1.29, 1.82) is 0 Å². The van der Waals surface area contributed by atoms with Crippen LogP contribution in [0.15, 0.2) is 0 Å². The van der Waals surface area contributed by atoms with Gasteiger partial charge in [-0.3, -0.25) is 35.4 Å². The fourth-order valence-corrected chi connectivity index (χ4v) is 1.24. The Morgan fingerprint density at radius 2 is 1.32 bits per heavy atom. The quantitative estimate of drug-likeness (QED) is 0.164. The van der Waals surface area contributed by atoms with Crippen molar-refractivity contribution in [2.75, 3.05) is 7.05 Å². The molecule has 0 aromatic carbocycles. The highest BCUT2D eigenvalue weighted by molar-refractivity contribution is 5.67. The van der Waals surface area contributed by atoms with Crippen molar-refractivity contribution in [3.05, 3.63) is 0 Å². The number of quaternary nitrogens is 1. The minimum atomic E-state index is -4.37. The molecule has 10 N–H and O–H groups in total. The van der Waals surface area contributed by atoms with Gasteiger partial charge in [-0.25, -0.2) is 0 Å². The third kappa shape index (κ3) is 2.98. The zero-order valence-electron chi connectivity index (χ0n) is 9.61. The summed E-state index contributed by atoms with van der Waals surface area (Å²) >= 11 is 0. The van der Waals surface area contributed by atoms with Crippen LogP contribution in [0, 0.1) is 0 Å². The molecule has 0 radical (unpaired) electrons. The lowest BCUT2D eigenvalue weighted by atomic mass is 10.1. The first-order valence-corrected chi connectivity index (χ1v) is 4.64. The van der Waals surface area contributed by atoms with Crippen LogP contribution in [0.4, 0.5) is 0 Å². The molecule has 1 atom stereocenters. The Morgan fingerprint density at radius 3 is 1.53 bits per heavy atom. The summed E-state index contributed by atoms with van der Waals surface area (Å²) in [6.07, 6.45) is -12.9. The first kappa shape index (κ1) is 18.1. The van der Waals surface area contributed by atoms with E-state index >= 15 is 0 Å². The van der Waals surface area contributed by atoms with Crippen LogP contribution in [-0.4, -0.2) is 92.8 Å². The predicted octanol–water partition coefficient (Wildman–Crippen LogP) is -5.92. The Labute approximate surface area is 105 Å². The summed E-state index contributed by atoms with van der Waals surface area (Å²) in [4.78, 5) is 10.3. The fraction of sp³-hybridized carbons (Fsp3) is 0.857. The monoisotopic (exact) mass is 290 g/mol. The zero-order chi connectivity index (χ0) is 15.9. The van der Waals surface area contributed by atoms with Crippen LogP contribution in [0.2, 0.25) is 0 Å². The second-order valence-corrected chi connectivity index (χ2v) is 4.01. The van der Waals surface area contributed by atoms with Crippen LogP contribution in [0.3, 0.4) is 0 Å². The second kappa shape index (κ2) is 4.88. The third-order valence-corrected chi connectivity index (χ3v) is 2.67. The molecule has 1 unspecified atom stereocenters. The lowest BCUT2D eigenvalue weighted by Crippen LogP contribution is -2.84. The fourth-order valence-electron chi connectivity index (χ4n) is 1.24. The average Bonchev–Trinajstić information content (AvgIpc) is 2.11. The number of hydrogen-bond acceptors (Lipinski definition) is 10. The van der Waals surface area contributed by atoms with E-state index in [2.05, 4.69) is 0 Å². The van der Waals surface area contributed by atoms with Gasteiger partial charge in [-0.2, -0.15) is 0 Å². The number of rotatable bonds is 6. The largest absolute Gasteiger partial charge is 0.481 e. The molecule has 0 aliphatic rings. The SMILES string of the molecule is C[N+](C(O)(O)O)(C(O)(O)O)C(O)(O)C(O)CC(=O)O. The van der Waals surface area contributed by atoms with E-state index in [0.29, 0.717) is 0 Å². The maximum atomic E-state index is 10.3. The Hall–Kier alpha value is -0.930. The first-order chi connectivity index (χ1) is 8.09. The molecule has 0 saturated carbocycles. The number of likely N-dealkylation sites (N-methyl/N-ethyl adjacent to an activating group) is 1. The van der Waals surface area contributed by atoms with Gasteiger partial charge in [-0.15, -0.1) is 4.48 Å². The molecule has 0 aliphatic carbocycles. The lowest BCUT2D eigenvalue weighted by molar-refractivity contribution is -1.19. The van der Waals surface area contributed by atoms with Gasteiger partial charge in [0.1, 0.15) is 0 Å². The van der Waals surface area contributed by atoms with E-state index < -0.39 is 41.1 Å². The number of carboxylic acids is 1. The third-order valence-electron chi connectivity index (χ3n) is 2.67. The number of aliphatic carboxylic acids is 1. The van der Waals surface area contributed by atoms with E-state index in [4.69, 9.17) is 35.7 Å². The van der Waals surface area contributed by atoms with Crippen LogP contribution in [0.1, 0.15) is 6.42 Å². The van der Waals surface area contributed by atoms with Crippen molar-refractivity contribution in [3.8, 4) is 0 Å². The molecule has 0 saturated heterocycles. The highest BCUT2D eigenvalue weighted by atomic mass is 16.8. The van der Waals surface area contributed by atoms with Gasteiger partial charge in [-0.1, -0.05) is 0 Å². The highest BCUT2D eigenvalue weighted by Crippen LogP contribution is 2.35. The molecular formula is C7H16NO11+. The van der Waals surface area contributed by atoms with E-state index in [9.17, 15) is 20.1 Å². The maximum Gasteiger partial charge on any atom is 0.452 e. The molecule has 0 heterocycles. The van der Waals surface area contributed by atoms with Gasteiger partial charge in [0.05, 0.1) is 13.5 Å². The van der Waals surface area contributed by atoms with Crippen molar-refractivity contribution in [2.45, 2.75) is 30.6 Å². The second-order valence-electron chi connectivity index (χ2n) is 4.01. The molecule has 0 fully saturated rings. The topological polar surface area (TPSA) is 219 Å². The Morgan fingerprint density at radius 1 is 1.00 bits per heavy atom. The van der Waals surface area contributed by atoms with Gasteiger partial charge in [0.25, 0.3) is 0 Å². The van der Waals surface area contributed by atoms with Gasteiger partial charge < -0.3 is 20.4 Å². The van der Waals surface area contributed by atoms with Crippen molar-refractivity contribution >= 4 is 5.97 Å². The number of hydrogen-bond donors (Lipinski definition) is 10. The molecular weight excluding hydrogens is 274 g/mol. The van der Waals surface area contributed by atoms with Gasteiger partial charge in [0.15, 0.2) is 6.10 Å². The summed E-state index contributed by atoms with van der Waals surface area (Å²) in [6, 6.07) is 0.